The van der Waals surface area contributed by atoms with Crippen LogP contribution in [0.25, 0.3) is 0 Å². The average molecular weight is 981 g/mol. The van der Waals surface area contributed by atoms with E-state index < -0.39 is 0 Å². The number of ether oxygens (including phenoxy) is 1. The van der Waals surface area contributed by atoms with Gasteiger partial charge >= 0.3 is 31.1 Å². The Morgan fingerprint density at radius 1 is 1.13 bits per heavy atom. The predicted molar refractivity (Wildman–Crippen MR) is 223 cm³/mol. The number of nitrogens with zero attached hydrogens (tertiary/aromatic N) is 3. The largest absolute Gasteiger partial charge is 2.00 e. The molecule has 0 saturated carbocycles. The molecule has 1 saturated heterocycles. The van der Waals surface area contributed by atoms with Crippen molar-refractivity contribution in [3.8, 4) is 6.07 Å². The molecule has 1 atom stereocenters. The van der Waals surface area contributed by atoms with Crippen molar-refractivity contribution in [3.63, 3.8) is 0 Å². The number of pyridine rings is 1. The van der Waals surface area contributed by atoms with E-state index in [-0.39, 0.29) is 36.9 Å². The summed E-state index contributed by atoms with van der Waals surface area (Å²) in [5.74, 6) is 1.52. The molecule has 0 aliphatic carbocycles. The van der Waals surface area contributed by atoms with Gasteiger partial charge in [-0.3, -0.25) is 4.79 Å². The maximum Gasteiger partial charge on any atom is 2.00 e. The van der Waals surface area contributed by atoms with E-state index in [1.54, 1.807) is 12.1 Å². The molecule has 1 N–H and O–H groups in total. The third kappa shape index (κ3) is 24.8. The Morgan fingerprint density at radius 3 is 2.18 bits per heavy atom. The maximum absolute atomic E-state index is 12.8. The molecular formula is C46H67FN4O3U. The van der Waals surface area contributed by atoms with Gasteiger partial charge in [-0.25, -0.2) is 4.39 Å². The topological polar surface area (TPSA) is 96.6 Å². The fourth-order valence-corrected chi connectivity index (χ4v) is 5.32. The van der Waals surface area contributed by atoms with Gasteiger partial charge in [-0.1, -0.05) is 114 Å². The standard InChI is InChI=1S/C12H18N.C11H14N2O2.C9H7FN.C8H16.C6H12O.U/c1-3-7-11(8-4-2)12-9-5-6-10-13-12;1-8-4-5-10(6-9(8)2)11(12-7-14)13-15-3;1-2-8-4-3-7(6-11)5-9(8)10;1-5-8(4)6-7(2)3;1-2-3-6-4-5-7-6;/h5-6,9,11H,3-4,7-8H2,1-2H3;4-7H,1-3H3,(H,12,13,14);3-5H,1-2H2;5,7H,6H2,1-4H3;6H,2-5H2,1H3;/q-1;;-1;;;+2/b;;;8-5+;;. The summed E-state index contributed by atoms with van der Waals surface area (Å²) in [6, 6.07) is 18.1. The molecule has 2 heterocycles. The second kappa shape index (κ2) is 34.0. The normalized spacial score (nSPS) is 13.0. The molecule has 55 heavy (non-hydrogen) atoms. The van der Waals surface area contributed by atoms with Crippen LogP contribution in [0.1, 0.15) is 139 Å². The van der Waals surface area contributed by atoms with E-state index in [0.29, 0.717) is 41.8 Å². The molecule has 0 spiro atoms. The molecule has 2 aromatic carbocycles. The molecule has 1 aromatic heterocycles. The Balaban J connectivity index is 0. The molecule has 1 fully saturated rings. The van der Waals surface area contributed by atoms with Gasteiger partial charge in [0.15, 0.2) is 5.84 Å². The van der Waals surface area contributed by atoms with Gasteiger partial charge in [-0.2, -0.15) is 29.9 Å². The number of carbonyl (C=O) groups excluding carboxylic acids is 1. The zero-order valence-corrected chi connectivity index (χ0v) is 39.5. The molecule has 1 unspecified atom stereocenters. The Kier molecular flexibility index (Phi) is 33.3. The van der Waals surface area contributed by atoms with Gasteiger partial charge in [0, 0.05) is 12.2 Å². The van der Waals surface area contributed by atoms with E-state index in [0.717, 1.165) is 23.7 Å². The van der Waals surface area contributed by atoms with Gasteiger partial charge in [0.05, 0.1) is 17.7 Å². The smallest absolute Gasteiger partial charge is 0.397 e. The number of nitrogens with one attached hydrogen (secondary N) is 1. The third-order valence-electron chi connectivity index (χ3n) is 8.56. The fraction of sp³-hybridized carbons (Fsp3) is 0.500. The van der Waals surface area contributed by atoms with E-state index in [1.165, 1.54) is 81.4 Å². The summed E-state index contributed by atoms with van der Waals surface area (Å²) in [4.78, 5) is 19.3. The Labute approximate surface area is 357 Å². The van der Waals surface area contributed by atoms with Crippen molar-refractivity contribution in [1.82, 2.24) is 10.3 Å². The average Bonchev–Trinajstić information content (AvgIpc) is 3.15. The van der Waals surface area contributed by atoms with Gasteiger partial charge in [0.1, 0.15) is 12.9 Å². The minimum Gasteiger partial charge on any atom is -0.397 e. The predicted octanol–water partition coefficient (Wildman–Crippen LogP) is 11.6. The SMILES string of the molecule is C/C=C(\C)CC(C)C.CCCC(CCC)c1ccc[c-]n1.CCCC1CCO1.CO/N=C(\NC=O)c1ccc(C)c(C)c1.[CH2-]Cc1ccc(C#N)cc1F.[U+2]. The van der Waals surface area contributed by atoms with Crippen molar-refractivity contribution in [1.29, 1.82) is 5.26 Å². The molecule has 0 radical (unpaired) electrons. The first kappa shape index (κ1) is 53.8. The van der Waals surface area contributed by atoms with Crippen molar-refractivity contribution in [3.05, 3.63) is 119 Å². The molecular weight excluding hydrogens is 914 g/mol. The Bertz CT molecular complexity index is 1530. The summed E-state index contributed by atoms with van der Waals surface area (Å²) in [5, 5.41) is 14.6. The number of rotatable bonds is 13. The first-order chi connectivity index (χ1) is 25.9. The third-order valence-corrected chi connectivity index (χ3v) is 8.56. The summed E-state index contributed by atoms with van der Waals surface area (Å²) < 4.78 is 18.0. The molecule has 0 bridgehead atoms. The van der Waals surface area contributed by atoms with Crippen LogP contribution in [-0.4, -0.2) is 37.1 Å². The van der Waals surface area contributed by atoms with Crippen LogP contribution in [-0.2, 0) is 20.8 Å². The van der Waals surface area contributed by atoms with Crippen molar-refractivity contribution in [2.24, 2.45) is 11.1 Å². The fourth-order valence-electron chi connectivity index (χ4n) is 5.32. The second-order valence-electron chi connectivity index (χ2n) is 13.6. The number of aryl methyl sites for hydroxylation is 2. The number of amidine groups is 1. The van der Waals surface area contributed by atoms with Crippen LogP contribution < -0.4 is 5.32 Å². The molecule has 9 heteroatoms. The van der Waals surface area contributed by atoms with Crippen molar-refractivity contribution >= 4 is 12.2 Å². The summed E-state index contributed by atoms with van der Waals surface area (Å²) in [6.07, 6.45) is 16.8. The van der Waals surface area contributed by atoms with Gasteiger partial charge in [-0.05, 0) is 93.7 Å². The summed E-state index contributed by atoms with van der Waals surface area (Å²) >= 11 is 0. The minimum atomic E-state index is -0.348. The van der Waals surface area contributed by atoms with E-state index in [9.17, 15) is 9.18 Å². The number of amides is 1. The maximum atomic E-state index is 12.8. The van der Waals surface area contributed by atoms with Crippen LogP contribution in [0.4, 0.5) is 4.39 Å². The zero-order chi connectivity index (χ0) is 40.7. The summed E-state index contributed by atoms with van der Waals surface area (Å²) in [6.45, 7) is 24.0. The molecule has 1 amide bonds. The van der Waals surface area contributed by atoms with Crippen LogP contribution in [0, 0.1) is 81.1 Å². The monoisotopic (exact) mass is 981 g/mol. The molecule has 300 valence electrons. The molecule has 1 aliphatic rings. The number of nitriles is 1. The molecule has 1 aliphatic heterocycles. The van der Waals surface area contributed by atoms with E-state index in [2.05, 4.69) is 94.0 Å². The first-order valence-electron chi connectivity index (χ1n) is 19.4. The summed E-state index contributed by atoms with van der Waals surface area (Å²) in [7, 11) is 1.44. The van der Waals surface area contributed by atoms with Crippen molar-refractivity contribution in [2.45, 2.75) is 132 Å². The number of hydrogen-bond acceptors (Lipinski definition) is 6. The van der Waals surface area contributed by atoms with Gasteiger partial charge in [0.2, 0.25) is 6.41 Å². The van der Waals surface area contributed by atoms with Crippen LogP contribution in [0.15, 0.2) is 71.4 Å². The van der Waals surface area contributed by atoms with Crippen molar-refractivity contribution in [2.75, 3.05) is 13.7 Å². The van der Waals surface area contributed by atoms with E-state index in [4.69, 9.17) is 10.00 Å². The number of hydrogen-bond donors (Lipinski definition) is 1. The number of aromatic nitrogens is 1. The first-order valence-corrected chi connectivity index (χ1v) is 19.4. The van der Waals surface area contributed by atoms with Crippen LogP contribution >= 0.6 is 0 Å². The number of benzene rings is 2. The summed E-state index contributed by atoms with van der Waals surface area (Å²) in [5.41, 5.74) is 6.77. The van der Waals surface area contributed by atoms with Crippen LogP contribution in [0.5, 0.6) is 0 Å². The van der Waals surface area contributed by atoms with Gasteiger partial charge in [0.25, 0.3) is 0 Å². The van der Waals surface area contributed by atoms with Crippen molar-refractivity contribution < 1.29 is 49.9 Å². The second-order valence-corrected chi connectivity index (χ2v) is 13.6. The van der Waals surface area contributed by atoms with Crippen LogP contribution in [0.2, 0.25) is 0 Å². The van der Waals surface area contributed by atoms with Gasteiger partial charge < -0.3 is 26.8 Å². The number of carbonyl (C=O) groups is 1. The quantitative estimate of drug-likeness (QED) is 0.0460. The number of halogens is 1. The molecule has 3 aromatic rings. The molecule has 4 rings (SSSR count). The van der Waals surface area contributed by atoms with Crippen LogP contribution in [0.3, 0.4) is 0 Å². The Hall–Kier alpha value is -3.30. The van der Waals surface area contributed by atoms with E-state index >= 15 is 0 Å². The number of allylic oxidation sites excluding steroid dienone is 2. The minimum absolute atomic E-state index is 0. The number of oxime groups is 1. The Morgan fingerprint density at radius 2 is 1.80 bits per heavy atom. The molecule has 7 nitrogen and oxygen atoms in total. The van der Waals surface area contributed by atoms with E-state index in [1.807, 2.05) is 50.2 Å². The zero-order valence-electron chi connectivity index (χ0n) is 35.3. The van der Waals surface area contributed by atoms with Gasteiger partial charge in [-0.15, -0.1) is 0 Å².